The van der Waals surface area contributed by atoms with E-state index in [0.717, 1.165) is 37.8 Å². The van der Waals surface area contributed by atoms with Crippen LogP contribution in [0.1, 0.15) is 51.9 Å². The first-order valence-electron chi connectivity index (χ1n) is 8.61. The van der Waals surface area contributed by atoms with Crippen LogP contribution in [-0.2, 0) is 6.54 Å². The molecule has 0 aliphatic heterocycles. The maximum Gasteiger partial charge on any atom is 0.191 e. The Labute approximate surface area is 157 Å². The number of aromatic nitrogens is 3. The molecule has 0 unspecified atom stereocenters. The second-order valence-corrected chi connectivity index (χ2v) is 6.18. The van der Waals surface area contributed by atoms with Gasteiger partial charge in [0.2, 0.25) is 0 Å². The fourth-order valence-corrected chi connectivity index (χ4v) is 3.07. The highest BCUT2D eigenvalue weighted by Gasteiger charge is 2.20. The summed E-state index contributed by atoms with van der Waals surface area (Å²) in [5, 5.41) is 14.6. The maximum atomic E-state index is 4.34. The zero-order valence-electron chi connectivity index (χ0n) is 14.4. The lowest BCUT2D eigenvalue weighted by Crippen LogP contribution is -2.45. The van der Waals surface area contributed by atoms with Gasteiger partial charge >= 0.3 is 0 Å². The molecular formula is C16H31IN6. The van der Waals surface area contributed by atoms with Crippen LogP contribution in [0.15, 0.2) is 17.6 Å². The summed E-state index contributed by atoms with van der Waals surface area (Å²) in [6.45, 7) is 4.23. The molecule has 2 rings (SSSR count). The van der Waals surface area contributed by atoms with Gasteiger partial charge in [0.05, 0.1) is 0 Å². The van der Waals surface area contributed by atoms with Crippen LogP contribution in [0.25, 0.3) is 0 Å². The smallest absolute Gasteiger partial charge is 0.191 e. The van der Waals surface area contributed by atoms with E-state index in [0.29, 0.717) is 6.04 Å². The zero-order chi connectivity index (χ0) is 15.6. The first kappa shape index (κ1) is 20.2. The Morgan fingerprint density at radius 1 is 1.17 bits per heavy atom. The number of aliphatic imine (C=N–C) groups is 1. The summed E-state index contributed by atoms with van der Waals surface area (Å²) in [5.41, 5.74) is 0. The number of hydrogen-bond acceptors (Lipinski definition) is 3. The lowest BCUT2D eigenvalue weighted by molar-refractivity contribution is 0.304. The van der Waals surface area contributed by atoms with Gasteiger partial charge in [-0.05, 0) is 44.4 Å². The molecule has 1 saturated carbocycles. The van der Waals surface area contributed by atoms with E-state index < -0.39 is 0 Å². The fourth-order valence-electron chi connectivity index (χ4n) is 3.07. The van der Waals surface area contributed by atoms with Crippen molar-refractivity contribution in [2.75, 3.05) is 13.6 Å². The van der Waals surface area contributed by atoms with Crippen molar-refractivity contribution in [2.24, 2.45) is 10.9 Å². The minimum atomic E-state index is 0. The number of aryl methyl sites for hydroxylation is 1. The van der Waals surface area contributed by atoms with Crippen molar-refractivity contribution in [3.8, 4) is 0 Å². The van der Waals surface area contributed by atoms with E-state index in [-0.39, 0.29) is 24.0 Å². The van der Waals surface area contributed by atoms with Crippen molar-refractivity contribution in [1.82, 2.24) is 25.4 Å². The highest BCUT2D eigenvalue weighted by Crippen LogP contribution is 2.26. The third-order valence-corrected chi connectivity index (χ3v) is 4.59. The predicted octanol–water partition coefficient (Wildman–Crippen LogP) is 2.81. The summed E-state index contributed by atoms with van der Waals surface area (Å²) in [4.78, 5) is 4.34. The molecule has 1 aliphatic carbocycles. The molecule has 6 nitrogen and oxygen atoms in total. The average Bonchev–Trinajstić information content (AvgIpc) is 3.07. The van der Waals surface area contributed by atoms with Gasteiger partial charge in [-0.3, -0.25) is 4.99 Å². The van der Waals surface area contributed by atoms with Crippen molar-refractivity contribution in [3.63, 3.8) is 0 Å². The largest absolute Gasteiger partial charge is 0.356 e. The van der Waals surface area contributed by atoms with Gasteiger partial charge < -0.3 is 15.2 Å². The number of nitrogens with one attached hydrogen (secondary N) is 2. The van der Waals surface area contributed by atoms with Crippen LogP contribution >= 0.6 is 24.0 Å². The Hall–Kier alpha value is -0.860. The minimum Gasteiger partial charge on any atom is -0.356 e. The Bertz CT molecular complexity index is 426. The first-order chi connectivity index (χ1) is 10.8. The molecule has 1 heterocycles. The van der Waals surface area contributed by atoms with Gasteiger partial charge in [-0.15, -0.1) is 34.2 Å². The van der Waals surface area contributed by atoms with E-state index in [9.17, 15) is 0 Å². The molecule has 0 aromatic carbocycles. The molecule has 0 spiro atoms. The molecule has 1 fully saturated rings. The summed E-state index contributed by atoms with van der Waals surface area (Å²) in [7, 11) is 1.85. The minimum absolute atomic E-state index is 0. The van der Waals surface area contributed by atoms with Gasteiger partial charge in [-0.1, -0.05) is 13.3 Å². The van der Waals surface area contributed by atoms with E-state index >= 15 is 0 Å². The Balaban J connectivity index is 0.00000264. The van der Waals surface area contributed by atoms with E-state index in [4.69, 9.17) is 0 Å². The third-order valence-electron chi connectivity index (χ3n) is 4.59. The van der Waals surface area contributed by atoms with Crippen LogP contribution in [0.3, 0.4) is 0 Å². The number of nitrogens with zero attached hydrogens (tertiary/aromatic N) is 4. The predicted molar refractivity (Wildman–Crippen MR) is 105 cm³/mol. The highest BCUT2D eigenvalue weighted by molar-refractivity contribution is 14.0. The molecular weight excluding hydrogens is 403 g/mol. The summed E-state index contributed by atoms with van der Waals surface area (Å²) in [6.07, 6.45) is 12.3. The molecule has 0 radical (unpaired) electrons. The average molecular weight is 434 g/mol. The van der Waals surface area contributed by atoms with Crippen LogP contribution in [0.5, 0.6) is 0 Å². The molecule has 0 bridgehead atoms. The van der Waals surface area contributed by atoms with Crippen molar-refractivity contribution < 1.29 is 0 Å². The normalized spacial score (nSPS) is 21.6. The molecule has 1 aliphatic rings. The van der Waals surface area contributed by atoms with E-state index in [2.05, 4.69) is 32.7 Å². The summed E-state index contributed by atoms with van der Waals surface area (Å²) in [5.74, 6) is 1.88. The topological polar surface area (TPSA) is 67.1 Å². The number of hydrogen-bond donors (Lipinski definition) is 2. The molecule has 1 aromatic rings. The van der Waals surface area contributed by atoms with Crippen molar-refractivity contribution in [2.45, 2.75) is 64.5 Å². The number of rotatable bonds is 7. The van der Waals surface area contributed by atoms with Gasteiger partial charge in [0.25, 0.3) is 0 Å². The second kappa shape index (κ2) is 11.6. The van der Waals surface area contributed by atoms with Crippen molar-refractivity contribution >= 4 is 29.9 Å². The summed E-state index contributed by atoms with van der Waals surface area (Å²) >= 11 is 0. The lowest BCUT2D eigenvalue weighted by atomic mass is 9.84. The van der Waals surface area contributed by atoms with E-state index in [1.165, 1.54) is 32.1 Å². The number of guanidine groups is 1. The number of halogens is 1. The molecule has 1 aromatic heterocycles. The molecule has 7 heteroatoms. The molecule has 2 N–H and O–H groups in total. The Morgan fingerprint density at radius 2 is 1.87 bits per heavy atom. The SMILES string of the molecule is CCC1CCC(NC(=NC)NCCCCn2cnnc2)CC1.I. The lowest BCUT2D eigenvalue weighted by Gasteiger charge is -2.29. The van der Waals surface area contributed by atoms with Crippen molar-refractivity contribution in [1.29, 1.82) is 0 Å². The molecule has 0 amide bonds. The molecule has 0 saturated heterocycles. The summed E-state index contributed by atoms with van der Waals surface area (Å²) < 4.78 is 2.01. The monoisotopic (exact) mass is 434 g/mol. The number of unbranched alkanes of at least 4 members (excludes halogenated alkanes) is 1. The van der Waals surface area contributed by atoms with E-state index in [1.807, 2.05) is 11.6 Å². The van der Waals surface area contributed by atoms with Crippen molar-refractivity contribution in [3.05, 3.63) is 12.7 Å². The first-order valence-corrected chi connectivity index (χ1v) is 8.61. The van der Waals surface area contributed by atoms with Gasteiger partial charge in [-0.25, -0.2) is 0 Å². The second-order valence-electron chi connectivity index (χ2n) is 6.18. The van der Waals surface area contributed by atoms with E-state index in [1.54, 1.807) is 12.7 Å². The van der Waals surface area contributed by atoms with Gasteiger partial charge in [-0.2, -0.15) is 0 Å². The molecule has 132 valence electrons. The fraction of sp³-hybridized carbons (Fsp3) is 0.812. The van der Waals surface area contributed by atoms with Crippen LogP contribution in [0.2, 0.25) is 0 Å². The van der Waals surface area contributed by atoms with Crippen LogP contribution in [0, 0.1) is 5.92 Å². The quantitative estimate of drug-likeness (QED) is 0.300. The standard InChI is InChI=1S/C16H30N6.HI/c1-3-14-6-8-15(9-7-14)21-16(17-2)18-10-4-5-11-22-12-19-20-13-22;/h12-15H,3-11H2,1-2H3,(H2,17,18,21);1H. The Morgan fingerprint density at radius 3 is 2.48 bits per heavy atom. The van der Waals surface area contributed by atoms with Gasteiger partial charge in [0, 0.05) is 26.2 Å². The zero-order valence-corrected chi connectivity index (χ0v) is 16.7. The van der Waals surface area contributed by atoms with Crippen LogP contribution in [0.4, 0.5) is 0 Å². The highest BCUT2D eigenvalue weighted by atomic mass is 127. The Kier molecular flexibility index (Phi) is 10.2. The third kappa shape index (κ3) is 7.50. The summed E-state index contributed by atoms with van der Waals surface area (Å²) in [6, 6.07) is 0.589. The maximum absolute atomic E-state index is 4.34. The molecule has 23 heavy (non-hydrogen) atoms. The van der Waals surface area contributed by atoms with Crippen LogP contribution < -0.4 is 10.6 Å². The van der Waals surface area contributed by atoms with Crippen LogP contribution in [-0.4, -0.2) is 40.4 Å². The molecule has 0 atom stereocenters. The van der Waals surface area contributed by atoms with Gasteiger partial charge in [0.1, 0.15) is 12.7 Å². The van der Waals surface area contributed by atoms with Gasteiger partial charge in [0.15, 0.2) is 5.96 Å².